The molecule has 0 rings (SSSR count). The molecule has 0 aliphatic heterocycles. The van der Waals surface area contributed by atoms with E-state index in [-0.39, 0.29) is 0 Å². The molecule has 4 heteroatoms. The van der Waals surface area contributed by atoms with Gasteiger partial charge in [0.25, 0.3) is 0 Å². The van der Waals surface area contributed by atoms with Crippen molar-refractivity contribution in [1.29, 1.82) is 0 Å². The van der Waals surface area contributed by atoms with Crippen LogP contribution in [-0.4, -0.2) is 25.1 Å². The van der Waals surface area contributed by atoms with E-state index in [2.05, 4.69) is 0 Å². The van der Waals surface area contributed by atoms with Crippen molar-refractivity contribution in [3.05, 3.63) is 70.9 Å². The van der Waals surface area contributed by atoms with Crippen LogP contribution < -0.4 is 0 Å². The maximum atomic E-state index is 10.1. The summed E-state index contributed by atoms with van der Waals surface area (Å²) >= 11 is 0. The molecule has 0 aliphatic rings. The van der Waals surface area contributed by atoms with Gasteiger partial charge in [0.2, 0.25) is 0 Å². The van der Waals surface area contributed by atoms with Crippen molar-refractivity contribution in [1.82, 2.24) is 0 Å². The van der Waals surface area contributed by atoms with Crippen molar-refractivity contribution >= 4 is 25.1 Å². The maximum Gasteiger partial charge on any atom is 0.145 e. The highest BCUT2D eigenvalue weighted by Crippen LogP contribution is 1.91. The molecule has 24 heavy (non-hydrogen) atoms. The summed E-state index contributed by atoms with van der Waals surface area (Å²) in [6, 6.07) is 0. The number of hydrogen-bond donors (Lipinski definition) is 0. The van der Waals surface area contributed by atoms with Crippen molar-refractivity contribution in [3.8, 4) is 0 Å². The van der Waals surface area contributed by atoms with Gasteiger partial charge in [-0.05, 0) is 50.0 Å². The highest BCUT2D eigenvalue weighted by atomic mass is 16.1. The molecule has 0 aromatic rings. The van der Waals surface area contributed by atoms with E-state index in [1.54, 1.807) is 76.3 Å². The fourth-order valence-electron chi connectivity index (χ4n) is 0.986. The Balaban J connectivity index is 0. The van der Waals surface area contributed by atoms with Gasteiger partial charge >= 0.3 is 0 Å². The van der Waals surface area contributed by atoms with Gasteiger partial charge in [0.05, 0.1) is 0 Å². The first-order chi connectivity index (χ1) is 11.4. The maximum absolute atomic E-state index is 10.1. The lowest BCUT2D eigenvalue weighted by atomic mass is 10.2. The zero-order chi connectivity index (χ0) is 18.8. The van der Waals surface area contributed by atoms with Crippen LogP contribution in [0.5, 0.6) is 0 Å². The molecule has 0 saturated carbocycles. The third-order valence-corrected chi connectivity index (χ3v) is 2.40. The Hall–Kier alpha value is -2.88. The second kappa shape index (κ2) is 16.5. The summed E-state index contributed by atoms with van der Waals surface area (Å²) in [5, 5.41) is 0. The number of rotatable bonds is 8. The van der Waals surface area contributed by atoms with Crippen molar-refractivity contribution in [2.24, 2.45) is 0 Å². The summed E-state index contributed by atoms with van der Waals surface area (Å²) in [6.45, 7) is 6.86. The van der Waals surface area contributed by atoms with Gasteiger partial charge in [0.1, 0.15) is 25.1 Å². The van der Waals surface area contributed by atoms with Crippen molar-refractivity contribution in [2.45, 2.75) is 27.7 Å². The molecule has 0 saturated heterocycles. The molecule has 0 amide bonds. The van der Waals surface area contributed by atoms with Gasteiger partial charge in [-0.3, -0.25) is 19.2 Å². The summed E-state index contributed by atoms with van der Waals surface area (Å²) in [5.74, 6) is 0. The summed E-state index contributed by atoms with van der Waals surface area (Å²) in [4.78, 5) is 40.5. The van der Waals surface area contributed by atoms with Gasteiger partial charge in [-0.25, -0.2) is 0 Å². The molecule has 0 aromatic heterocycles. The predicted octanol–water partition coefficient (Wildman–Crippen LogP) is 3.67. The average Bonchev–Trinajstić information content (AvgIpc) is 2.61. The number of allylic oxidation sites excluding steroid dienone is 12. The van der Waals surface area contributed by atoms with Gasteiger partial charge in [-0.1, -0.05) is 48.6 Å². The molecule has 0 spiro atoms. The number of carbonyl (C=O) groups is 4. The summed E-state index contributed by atoms with van der Waals surface area (Å²) in [7, 11) is 0. The molecule has 0 fully saturated rings. The van der Waals surface area contributed by atoms with Crippen molar-refractivity contribution in [3.63, 3.8) is 0 Å². The van der Waals surface area contributed by atoms with E-state index in [1.165, 1.54) is 0 Å². The Bertz CT molecular complexity index is 491. The van der Waals surface area contributed by atoms with Crippen LogP contribution in [0.3, 0.4) is 0 Å². The quantitative estimate of drug-likeness (QED) is 0.387. The van der Waals surface area contributed by atoms with Gasteiger partial charge in [0.15, 0.2) is 0 Å². The van der Waals surface area contributed by atoms with Gasteiger partial charge in [-0.2, -0.15) is 0 Å². The van der Waals surface area contributed by atoms with Gasteiger partial charge in [-0.15, -0.1) is 0 Å². The van der Waals surface area contributed by atoms with Crippen molar-refractivity contribution in [2.75, 3.05) is 0 Å². The van der Waals surface area contributed by atoms with Crippen LogP contribution in [0.25, 0.3) is 0 Å². The van der Waals surface area contributed by atoms with E-state index in [0.29, 0.717) is 22.3 Å². The van der Waals surface area contributed by atoms with Crippen LogP contribution in [0.15, 0.2) is 70.9 Å². The summed E-state index contributed by atoms with van der Waals surface area (Å²) in [6.07, 6.45) is 16.7. The zero-order valence-corrected chi connectivity index (χ0v) is 14.6. The highest BCUT2D eigenvalue weighted by molar-refractivity contribution is 5.74. The molecule has 0 unspecified atom stereocenters. The van der Waals surface area contributed by atoms with Gasteiger partial charge < -0.3 is 0 Å². The Morgan fingerprint density at radius 3 is 0.708 bits per heavy atom. The van der Waals surface area contributed by atoms with Crippen molar-refractivity contribution < 1.29 is 19.2 Å². The number of aldehydes is 4. The molecular formula is C20H24O4. The van der Waals surface area contributed by atoms with E-state index in [9.17, 15) is 19.2 Å². The van der Waals surface area contributed by atoms with Crippen LogP contribution in [0.2, 0.25) is 0 Å². The minimum Gasteiger partial charge on any atom is -0.298 e. The molecule has 0 atom stereocenters. The first-order valence-corrected chi connectivity index (χ1v) is 7.25. The van der Waals surface area contributed by atoms with E-state index in [4.69, 9.17) is 0 Å². The summed E-state index contributed by atoms with van der Waals surface area (Å²) < 4.78 is 0. The second-order valence-electron chi connectivity index (χ2n) is 4.88. The first-order valence-electron chi connectivity index (χ1n) is 7.25. The van der Waals surface area contributed by atoms with E-state index in [0.717, 1.165) is 25.1 Å². The largest absolute Gasteiger partial charge is 0.298 e. The van der Waals surface area contributed by atoms with E-state index >= 15 is 0 Å². The molecule has 0 bridgehead atoms. The lowest BCUT2D eigenvalue weighted by molar-refractivity contribution is -0.105. The van der Waals surface area contributed by atoms with Crippen LogP contribution in [0, 0.1) is 0 Å². The Labute approximate surface area is 143 Å². The molecule has 0 aliphatic carbocycles. The van der Waals surface area contributed by atoms with Crippen LogP contribution in [-0.2, 0) is 19.2 Å². The Morgan fingerprint density at radius 2 is 0.583 bits per heavy atom. The Kier molecular flexibility index (Phi) is 16.1. The number of hydrogen-bond acceptors (Lipinski definition) is 4. The molecule has 0 aromatic carbocycles. The average molecular weight is 328 g/mol. The summed E-state index contributed by atoms with van der Waals surface area (Å²) in [5.41, 5.74) is 2.62. The minimum atomic E-state index is 0.656. The standard InChI is InChI=1S/2C10H12O2/c2*1-9(7-11)5-3-4-6-10(2)8-12/h2*3-8H,1-2H3/b4-3+,9-5?,10-6?;4-3+,9-5+,10-6+. The molecule has 0 radical (unpaired) electrons. The van der Waals surface area contributed by atoms with Crippen LogP contribution >= 0.6 is 0 Å². The fourth-order valence-corrected chi connectivity index (χ4v) is 0.986. The van der Waals surface area contributed by atoms with E-state index < -0.39 is 0 Å². The predicted molar refractivity (Wildman–Crippen MR) is 97.6 cm³/mol. The van der Waals surface area contributed by atoms with Gasteiger partial charge in [0, 0.05) is 0 Å². The molecule has 128 valence electrons. The van der Waals surface area contributed by atoms with Crippen LogP contribution in [0.1, 0.15) is 27.7 Å². The Morgan fingerprint density at radius 1 is 0.417 bits per heavy atom. The normalized spacial score (nSPS) is 13.5. The smallest absolute Gasteiger partial charge is 0.145 e. The highest BCUT2D eigenvalue weighted by Gasteiger charge is 1.80. The third kappa shape index (κ3) is 17.2. The monoisotopic (exact) mass is 328 g/mol. The molecule has 0 heterocycles. The molecule has 4 nitrogen and oxygen atoms in total. The zero-order valence-electron chi connectivity index (χ0n) is 14.6. The topological polar surface area (TPSA) is 68.3 Å². The third-order valence-electron chi connectivity index (χ3n) is 2.40. The van der Waals surface area contributed by atoms with E-state index in [1.807, 2.05) is 0 Å². The first kappa shape index (κ1) is 23.4. The fraction of sp³-hybridized carbons (Fsp3) is 0.200. The SMILES string of the molecule is CC(C=O)=C/C=C/C=C(C)C=O.C\C(C=O)=C/C=C/C=C(\C)C=O. The second-order valence-corrected chi connectivity index (χ2v) is 4.88. The molecular weight excluding hydrogens is 304 g/mol. The minimum absolute atomic E-state index is 0.656. The number of carbonyl (C=O) groups excluding carboxylic acids is 4. The van der Waals surface area contributed by atoms with Crippen LogP contribution in [0.4, 0.5) is 0 Å². The molecule has 0 N–H and O–H groups in total. The lowest BCUT2D eigenvalue weighted by Crippen LogP contribution is -1.73. The lowest BCUT2D eigenvalue weighted by Gasteiger charge is -1.81.